The zero-order valence-corrected chi connectivity index (χ0v) is 8.72. The first-order valence-electron chi connectivity index (χ1n) is 4.08. The average molecular weight is 240 g/mol. The van der Waals surface area contributed by atoms with Crippen molar-refractivity contribution in [3.8, 4) is 6.07 Å². The third-order valence-corrected chi connectivity index (χ3v) is 1.89. The Kier molecular flexibility index (Phi) is 3.80. The van der Waals surface area contributed by atoms with Gasteiger partial charge in [0.05, 0.1) is 10.7 Å². The Hall–Kier alpha value is -2.13. The molecule has 0 radical (unpaired) electrons. The predicted molar refractivity (Wildman–Crippen MR) is 60.0 cm³/mol. The standard InChI is InChI=1S/C9H7ClFN5/c10-5-2-1-3-6(8(5)11)15-16-7(4-12)9(13)14/h1-3,15H,(H3,13,14)/b16-7+. The smallest absolute Gasteiger partial charge is 0.201 e. The van der Waals surface area contributed by atoms with Crippen molar-refractivity contribution in [2.45, 2.75) is 0 Å². The number of anilines is 1. The van der Waals surface area contributed by atoms with Gasteiger partial charge in [0, 0.05) is 0 Å². The Bertz CT molecular complexity index is 491. The second kappa shape index (κ2) is 5.09. The molecule has 0 heterocycles. The lowest BCUT2D eigenvalue weighted by atomic mass is 10.3. The lowest BCUT2D eigenvalue weighted by Gasteiger charge is -2.03. The van der Waals surface area contributed by atoms with Gasteiger partial charge in [-0.15, -0.1) is 0 Å². The molecule has 0 atom stereocenters. The van der Waals surface area contributed by atoms with E-state index in [2.05, 4.69) is 10.5 Å². The first-order chi connectivity index (χ1) is 7.56. The van der Waals surface area contributed by atoms with Gasteiger partial charge in [0.15, 0.2) is 11.7 Å². The summed E-state index contributed by atoms with van der Waals surface area (Å²) in [7, 11) is 0. The molecule has 1 aromatic rings. The molecule has 0 unspecified atom stereocenters. The predicted octanol–water partition coefficient (Wildman–Crippen LogP) is 1.71. The SMILES string of the molecule is N#C/C(=N\Nc1cccc(Cl)c1F)C(=N)N. The number of hydrogen-bond donors (Lipinski definition) is 3. The van der Waals surface area contributed by atoms with E-state index in [-0.39, 0.29) is 16.4 Å². The van der Waals surface area contributed by atoms with Gasteiger partial charge in [0.1, 0.15) is 6.07 Å². The zero-order valence-electron chi connectivity index (χ0n) is 7.96. The Morgan fingerprint density at radius 1 is 1.62 bits per heavy atom. The van der Waals surface area contributed by atoms with Crippen molar-refractivity contribution in [3.63, 3.8) is 0 Å². The lowest BCUT2D eigenvalue weighted by molar-refractivity contribution is 0.631. The minimum Gasteiger partial charge on any atom is -0.382 e. The largest absolute Gasteiger partial charge is 0.382 e. The van der Waals surface area contributed by atoms with Crippen molar-refractivity contribution in [2.24, 2.45) is 10.8 Å². The molecule has 16 heavy (non-hydrogen) atoms. The van der Waals surface area contributed by atoms with Crippen LogP contribution >= 0.6 is 11.6 Å². The van der Waals surface area contributed by atoms with Crippen molar-refractivity contribution in [1.82, 2.24) is 0 Å². The van der Waals surface area contributed by atoms with Gasteiger partial charge in [-0.25, -0.2) is 4.39 Å². The molecule has 0 aliphatic heterocycles. The van der Waals surface area contributed by atoms with Gasteiger partial charge < -0.3 is 5.73 Å². The van der Waals surface area contributed by atoms with Gasteiger partial charge in [-0.3, -0.25) is 10.8 Å². The minimum atomic E-state index is -0.686. The van der Waals surface area contributed by atoms with Crippen molar-refractivity contribution in [2.75, 3.05) is 5.43 Å². The van der Waals surface area contributed by atoms with Crippen LogP contribution in [0.25, 0.3) is 0 Å². The molecule has 82 valence electrons. The highest BCUT2D eigenvalue weighted by Gasteiger charge is 2.06. The Balaban J connectivity index is 2.95. The first-order valence-corrected chi connectivity index (χ1v) is 4.46. The van der Waals surface area contributed by atoms with Crippen LogP contribution in [0.15, 0.2) is 23.3 Å². The molecule has 4 N–H and O–H groups in total. The molecular formula is C9H7ClFN5. The number of benzene rings is 1. The van der Waals surface area contributed by atoms with Crippen LogP contribution in [0.3, 0.4) is 0 Å². The Morgan fingerprint density at radius 2 is 2.31 bits per heavy atom. The van der Waals surface area contributed by atoms with Crippen molar-refractivity contribution >= 4 is 28.8 Å². The fourth-order valence-electron chi connectivity index (χ4n) is 0.852. The Labute approximate surface area is 95.8 Å². The van der Waals surface area contributed by atoms with E-state index < -0.39 is 11.7 Å². The fraction of sp³-hybridized carbons (Fsp3) is 0. The van der Waals surface area contributed by atoms with E-state index in [0.717, 1.165) is 0 Å². The third-order valence-electron chi connectivity index (χ3n) is 1.60. The highest BCUT2D eigenvalue weighted by atomic mass is 35.5. The number of rotatable bonds is 3. The maximum Gasteiger partial charge on any atom is 0.201 e. The molecule has 0 amide bonds. The molecule has 1 aromatic carbocycles. The summed E-state index contributed by atoms with van der Waals surface area (Å²) in [4.78, 5) is 0. The van der Waals surface area contributed by atoms with E-state index in [1.807, 2.05) is 0 Å². The molecule has 0 saturated carbocycles. The molecule has 0 spiro atoms. The van der Waals surface area contributed by atoms with Crippen LogP contribution in [-0.4, -0.2) is 11.5 Å². The number of amidine groups is 1. The molecule has 0 bridgehead atoms. The number of nitrogens with two attached hydrogens (primary N) is 1. The van der Waals surface area contributed by atoms with Gasteiger partial charge in [-0.05, 0) is 12.1 Å². The summed E-state index contributed by atoms with van der Waals surface area (Å²) >= 11 is 5.53. The molecule has 0 fully saturated rings. The van der Waals surface area contributed by atoms with E-state index in [4.69, 9.17) is 28.0 Å². The van der Waals surface area contributed by atoms with Crippen LogP contribution in [-0.2, 0) is 0 Å². The number of hydrogen-bond acceptors (Lipinski definition) is 4. The molecule has 0 aliphatic carbocycles. The summed E-state index contributed by atoms with van der Waals surface area (Å²) in [5.41, 5.74) is 6.99. The molecule has 7 heteroatoms. The number of nitriles is 1. The lowest BCUT2D eigenvalue weighted by Crippen LogP contribution is -2.22. The Morgan fingerprint density at radius 3 is 2.88 bits per heavy atom. The van der Waals surface area contributed by atoms with Crippen molar-refractivity contribution < 1.29 is 4.39 Å². The third kappa shape index (κ3) is 2.68. The van der Waals surface area contributed by atoms with E-state index in [0.29, 0.717) is 0 Å². The second-order valence-electron chi connectivity index (χ2n) is 2.70. The summed E-state index contributed by atoms with van der Waals surface area (Å²) in [6.45, 7) is 0. The molecule has 0 aliphatic rings. The number of hydrazone groups is 1. The van der Waals surface area contributed by atoms with Crippen LogP contribution in [0.5, 0.6) is 0 Å². The topological polar surface area (TPSA) is 98.0 Å². The van der Waals surface area contributed by atoms with Crippen LogP contribution in [0.1, 0.15) is 0 Å². The summed E-state index contributed by atoms with van der Waals surface area (Å²) < 4.78 is 13.3. The highest BCUT2D eigenvalue weighted by Crippen LogP contribution is 2.21. The van der Waals surface area contributed by atoms with Gasteiger partial charge in [0.25, 0.3) is 0 Å². The van der Waals surface area contributed by atoms with E-state index in [9.17, 15) is 4.39 Å². The van der Waals surface area contributed by atoms with Crippen molar-refractivity contribution in [3.05, 3.63) is 29.0 Å². The summed E-state index contributed by atoms with van der Waals surface area (Å²) in [5.74, 6) is -1.19. The maximum absolute atomic E-state index is 13.3. The summed E-state index contributed by atoms with van der Waals surface area (Å²) in [6.07, 6.45) is 0. The number of halogens is 2. The summed E-state index contributed by atoms with van der Waals surface area (Å²) in [5, 5.41) is 18.9. The number of nitrogens with zero attached hydrogens (tertiary/aromatic N) is 2. The minimum absolute atomic E-state index is 0.00139. The molecule has 1 rings (SSSR count). The molecule has 0 saturated heterocycles. The quantitative estimate of drug-likeness (QED) is 0.425. The van der Waals surface area contributed by atoms with Crippen LogP contribution in [0.4, 0.5) is 10.1 Å². The van der Waals surface area contributed by atoms with Crippen LogP contribution in [0, 0.1) is 22.6 Å². The van der Waals surface area contributed by atoms with Gasteiger partial charge >= 0.3 is 0 Å². The van der Waals surface area contributed by atoms with Gasteiger partial charge in [0.2, 0.25) is 5.71 Å². The molecular weight excluding hydrogens is 233 g/mol. The summed E-state index contributed by atoms with van der Waals surface area (Å²) in [6, 6.07) is 5.87. The number of nitrogens with one attached hydrogen (secondary N) is 2. The van der Waals surface area contributed by atoms with Crippen LogP contribution < -0.4 is 11.2 Å². The van der Waals surface area contributed by atoms with E-state index in [1.165, 1.54) is 18.2 Å². The average Bonchev–Trinajstić information content (AvgIpc) is 2.24. The van der Waals surface area contributed by atoms with Gasteiger partial charge in [-0.2, -0.15) is 10.4 Å². The normalized spacial score (nSPS) is 10.7. The molecule has 5 nitrogen and oxygen atoms in total. The maximum atomic E-state index is 13.3. The fourth-order valence-corrected chi connectivity index (χ4v) is 1.03. The highest BCUT2D eigenvalue weighted by molar-refractivity contribution is 6.45. The monoisotopic (exact) mass is 239 g/mol. The molecule has 0 aromatic heterocycles. The van der Waals surface area contributed by atoms with Crippen LogP contribution in [0.2, 0.25) is 5.02 Å². The van der Waals surface area contributed by atoms with E-state index >= 15 is 0 Å². The van der Waals surface area contributed by atoms with Crippen molar-refractivity contribution in [1.29, 1.82) is 10.7 Å². The van der Waals surface area contributed by atoms with E-state index in [1.54, 1.807) is 6.07 Å². The van der Waals surface area contributed by atoms with Gasteiger partial charge in [-0.1, -0.05) is 17.7 Å². The second-order valence-corrected chi connectivity index (χ2v) is 3.11. The first kappa shape index (κ1) is 11.9. The zero-order chi connectivity index (χ0) is 12.1.